The van der Waals surface area contributed by atoms with Crippen molar-refractivity contribution in [2.24, 2.45) is 0 Å². The molecule has 0 amide bonds. The first-order chi connectivity index (χ1) is 10.3. The van der Waals surface area contributed by atoms with Crippen molar-refractivity contribution in [2.75, 3.05) is 13.2 Å². The summed E-state index contributed by atoms with van der Waals surface area (Å²) >= 11 is 0. The quantitative estimate of drug-likeness (QED) is 0.619. The van der Waals surface area contributed by atoms with Gasteiger partial charge in [-0.3, -0.25) is 0 Å². The van der Waals surface area contributed by atoms with Crippen LogP contribution in [0.5, 0.6) is 0 Å². The van der Waals surface area contributed by atoms with E-state index in [1.54, 1.807) is 0 Å². The van der Waals surface area contributed by atoms with Gasteiger partial charge >= 0.3 is 0 Å². The Morgan fingerprint density at radius 3 is 2.24 bits per heavy atom. The second-order valence-electron chi connectivity index (χ2n) is 6.14. The second kappa shape index (κ2) is 9.22. The molecule has 2 heteroatoms. The summed E-state index contributed by atoms with van der Waals surface area (Å²) in [6, 6.07) is 10.6. The summed E-state index contributed by atoms with van der Waals surface area (Å²) in [5, 5.41) is 0. The predicted octanol–water partition coefficient (Wildman–Crippen LogP) is 5.11. The summed E-state index contributed by atoms with van der Waals surface area (Å²) in [5.41, 5.74) is 1.31. The van der Waals surface area contributed by atoms with Gasteiger partial charge in [-0.05, 0) is 24.8 Å². The zero-order valence-electron chi connectivity index (χ0n) is 13.5. The minimum Gasteiger partial charge on any atom is -0.350 e. The fourth-order valence-corrected chi connectivity index (χ4v) is 3.00. The molecule has 2 rings (SSSR count). The van der Waals surface area contributed by atoms with Crippen LogP contribution in [0.15, 0.2) is 30.3 Å². The largest absolute Gasteiger partial charge is 0.350 e. The van der Waals surface area contributed by atoms with Gasteiger partial charge in [0.1, 0.15) is 0 Å². The highest BCUT2D eigenvalue weighted by molar-refractivity contribution is 5.16. The van der Waals surface area contributed by atoms with Crippen LogP contribution in [0.2, 0.25) is 0 Å². The van der Waals surface area contributed by atoms with Crippen LogP contribution in [0.1, 0.15) is 63.9 Å². The zero-order chi connectivity index (χ0) is 14.8. The lowest BCUT2D eigenvalue weighted by molar-refractivity contribution is -0.229. The molecule has 1 aromatic carbocycles. The van der Waals surface area contributed by atoms with E-state index < -0.39 is 0 Å². The molecule has 1 saturated heterocycles. The normalized spacial score (nSPS) is 18.3. The van der Waals surface area contributed by atoms with E-state index in [-0.39, 0.29) is 5.79 Å². The summed E-state index contributed by atoms with van der Waals surface area (Å²) in [4.78, 5) is 0. The Bertz CT molecular complexity index is 366. The van der Waals surface area contributed by atoms with Crippen molar-refractivity contribution in [3.63, 3.8) is 0 Å². The molecule has 0 saturated carbocycles. The van der Waals surface area contributed by atoms with Gasteiger partial charge in [0.05, 0.1) is 13.2 Å². The molecule has 0 spiro atoms. The monoisotopic (exact) mass is 290 g/mol. The van der Waals surface area contributed by atoms with Crippen LogP contribution in [0, 0.1) is 0 Å². The van der Waals surface area contributed by atoms with Crippen molar-refractivity contribution >= 4 is 0 Å². The lowest BCUT2D eigenvalue weighted by atomic mass is 9.98. The third kappa shape index (κ3) is 5.80. The lowest BCUT2D eigenvalue weighted by Gasteiger charge is -2.32. The van der Waals surface area contributed by atoms with Crippen LogP contribution in [0.4, 0.5) is 0 Å². The minimum atomic E-state index is -0.385. The Hall–Kier alpha value is -0.860. The molecule has 0 aromatic heterocycles. The van der Waals surface area contributed by atoms with Crippen molar-refractivity contribution in [1.82, 2.24) is 0 Å². The standard InChI is InChI=1S/C19H30O2/c1-2-3-4-5-9-14-19(20-15-10-11-16-21-19)17-18-12-7-6-8-13-18/h6-8,12-13H,2-5,9-11,14-17H2,1H3. The van der Waals surface area contributed by atoms with E-state index in [1.165, 1.54) is 37.7 Å². The number of hydrogen-bond donors (Lipinski definition) is 0. The first-order valence-corrected chi connectivity index (χ1v) is 8.66. The van der Waals surface area contributed by atoms with E-state index in [0.717, 1.165) is 38.9 Å². The van der Waals surface area contributed by atoms with Crippen LogP contribution >= 0.6 is 0 Å². The average Bonchev–Trinajstić information content (AvgIpc) is 2.74. The Balaban J connectivity index is 1.93. The van der Waals surface area contributed by atoms with E-state index in [0.29, 0.717) is 0 Å². The van der Waals surface area contributed by atoms with Crippen LogP contribution in [-0.4, -0.2) is 19.0 Å². The van der Waals surface area contributed by atoms with Crippen LogP contribution in [0.3, 0.4) is 0 Å². The number of rotatable bonds is 8. The lowest BCUT2D eigenvalue weighted by Crippen LogP contribution is -2.38. The molecule has 0 bridgehead atoms. The van der Waals surface area contributed by atoms with Gasteiger partial charge in [-0.1, -0.05) is 62.9 Å². The van der Waals surface area contributed by atoms with Crippen LogP contribution in [0.25, 0.3) is 0 Å². The highest BCUT2D eigenvalue weighted by Gasteiger charge is 2.33. The fourth-order valence-electron chi connectivity index (χ4n) is 3.00. The number of ether oxygens (including phenoxy) is 2. The van der Waals surface area contributed by atoms with Gasteiger partial charge in [0, 0.05) is 12.8 Å². The minimum absolute atomic E-state index is 0.385. The molecule has 2 nitrogen and oxygen atoms in total. The molecular weight excluding hydrogens is 260 g/mol. The van der Waals surface area contributed by atoms with E-state index in [2.05, 4.69) is 37.3 Å². The third-order valence-corrected chi connectivity index (χ3v) is 4.25. The summed E-state index contributed by atoms with van der Waals surface area (Å²) in [5.74, 6) is -0.385. The van der Waals surface area contributed by atoms with E-state index >= 15 is 0 Å². The molecular formula is C19H30O2. The summed E-state index contributed by atoms with van der Waals surface area (Å²) in [7, 11) is 0. The van der Waals surface area contributed by atoms with Gasteiger partial charge in [-0.2, -0.15) is 0 Å². The molecule has 1 fully saturated rings. The van der Waals surface area contributed by atoms with Crippen molar-refractivity contribution in [3.8, 4) is 0 Å². The van der Waals surface area contributed by atoms with E-state index in [1.807, 2.05) is 0 Å². The van der Waals surface area contributed by atoms with Crippen molar-refractivity contribution in [3.05, 3.63) is 35.9 Å². The molecule has 1 aliphatic heterocycles. The van der Waals surface area contributed by atoms with Gasteiger partial charge in [-0.15, -0.1) is 0 Å². The molecule has 21 heavy (non-hydrogen) atoms. The maximum atomic E-state index is 6.18. The highest BCUT2D eigenvalue weighted by Crippen LogP contribution is 2.29. The Kier molecular flexibility index (Phi) is 7.25. The molecule has 0 atom stereocenters. The molecule has 1 aromatic rings. The topological polar surface area (TPSA) is 18.5 Å². The van der Waals surface area contributed by atoms with Crippen molar-refractivity contribution in [1.29, 1.82) is 0 Å². The third-order valence-electron chi connectivity index (χ3n) is 4.25. The van der Waals surface area contributed by atoms with Gasteiger partial charge in [-0.25, -0.2) is 0 Å². The van der Waals surface area contributed by atoms with E-state index in [9.17, 15) is 0 Å². The Labute approximate surface area is 129 Å². The first-order valence-electron chi connectivity index (χ1n) is 8.66. The van der Waals surface area contributed by atoms with Gasteiger partial charge < -0.3 is 9.47 Å². The SMILES string of the molecule is CCCCCCCC1(Cc2ccccc2)OCCCCO1. The second-order valence-corrected chi connectivity index (χ2v) is 6.14. The molecule has 0 unspecified atom stereocenters. The van der Waals surface area contributed by atoms with E-state index in [4.69, 9.17) is 9.47 Å². The molecule has 1 aliphatic rings. The van der Waals surface area contributed by atoms with Gasteiger partial charge in [0.15, 0.2) is 5.79 Å². The van der Waals surface area contributed by atoms with Crippen LogP contribution < -0.4 is 0 Å². The summed E-state index contributed by atoms with van der Waals surface area (Å²) in [6.45, 7) is 3.93. The number of unbranched alkanes of at least 4 members (excludes halogenated alkanes) is 4. The summed E-state index contributed by atoms with van der Waals surface area (Å²) in [6.07, 6.45) is 10.6. The molecule has 1 heterocycles. The number of benzene rings is 1. The smallest absolute Gasteiger partial charge is 0.172 e. The summed E-state index contributed by atoms with van der Waals surface area (Å²) < 4.78 is 12.4. The average molecular weight is 290 g/mol. The predicted molar refractivity (Wildman–Crippen MR) is 87.4 cm³/mol. The maximum Gasteiger partial charge on any atom is 0.172 e. The fraction of sp³-hybridized carbons (Fsp3) is 0.684. The van der Waals surface area contributed by atoms with Crippen molar-refractivity contribution < 1.29 is 9.47 Å². The first kappa shape index (κ1) is 16.5. The Morgan fingerprint density at radius 1 is 0.905 bits per heavy atom. The van der Waals surface area contributed by atoms with Gasteiger partial charge in [0.2, 0.25) is 0 Å². The van der Waals surface area contributed by atoms with Crippen molar-refractivity contribution in [2.45, 2.75) is 70.5 Å². The molecule has 0 aliphatic carbocycles. The van der Waals surface area contributed by atoms with Crippen LogP contribution in [-0.2, 0) is 15.9 Å². The molecule has 0 N–H and O–H groups in total. The zero-order valence-corrected chi connectivity index (χ0v) is 13.5. The molecule has 118 valence electrons. The maximum absolute atomic E-state index is 6.18. The number of hydrogen-bond acceptors (Lipinski definition) is 2. The Morgan fingerprint density at radius 2 is 1.57 bits per heavy atom. The molecule has 0 radical (unpaired) electrons. The van der Waals surface area contributed by atoms with Gasteiger partial charge in [0.25, 0.3) is 0 Å². The highest BCUT2D eigenvalue weighted by atomic mass is 16.7.